The van der Waals surface area contributed by atoms with Gasteiger partial charge in [-0.15, -0.1) is 0 Å². The number of nitrogens with one attached hydrogen (secondary N) is 2. The summed E-state index contributed by atoms with van der Waals surface area (Å²) in [5.41, 5.74) is 1.38. The smallest absolute Gasteiger partial charge is 0.294 e. The van der Waals surface area contributed by atoms with Crippen molar-refractivity contribution in [2.24, 2.45) is 0 Å². The molecule has 1 unspecified atom stereocenters. The maximum Gasteiger partial charge on any atom is 0.294 e. The quantitative estimate of drug-likeness (QED) is 0.753. The number of likely N-dealkylation sites (tertiary alicyclic amines) is 2. The highest BCUT2D eigenvalue weighted by molar-refractivity contribution is 8.00. The second-order valence-electron chi connectivity index (χ2n) is 8.32. The van der Waals surface area contributed by atoms with Gasteiger partial charge in [0.25, 0.3) is 11.8 Å². The summed E-state index contributed by atoms with van der Waals surface area (Å²) in [5, 5.41) is 2.96. The molecule has 4 aliphatic heterocycles. The average molecular weight is 419 g/mol. The molecule has 1 atom stereocenters. The van der Waals surface area contributed by atoms with Gasteiger partial charge in [0, 0.05) is 36.4 Å². The first-order valence-corrected chi connectivity index (χ1v) is 11.5. The molecule has 1 aromatic rings. The monoisotopic (exact) mass is 418 g/mol. The molecule has 2 N–H and O–H groups in total. The van der Waals surface area contributed by atoms with E-state index in [4.69, 9.17) is 9.47 Å². The number of thioether (sulfide) groups is 1. The van der Waals surface area contributed by atoms with Crippen LogP contribution >= 0.6 is 11.8 Å². The molecule has 2 amide bonds. The Labute approximate surface area is 175 Å². The SMILES string of the molecule is O=C1Nc2cc(C(=O)N3CCC4(CC3)OCCO4)ccc2SC1[NH+]1CCCCC1. The number of hydrogen-bond donors (Lipinski definition) is 2. The number of quaternary nitrogens is 1. The van der Waals surface area contributed by atoms with Crippen LogP contribution in [-0.2, 0) is 14.3 Å². The third-order valence-electron chi connectivity index (χ3n) is 6.46. The zero-order chi connectivity index (χ0) is 19.8. The number of hydrogen-bond acceptors (Lipinski definition) is 5. The maximum absolute atomic E-state index is 13.0. The van der Waals surface area contributed by atoms with Crippen LogP contribution in [0.3, 0.4) is 0 Å². The highest BCUT2D eigenvalue weighted by atomic mass is 32.2. The predicted octanol–water partition coefficient (Wildman–Crippen LogP) is 1.10. The second-order valence-corrected chi connectivity index (χ2v) is 9.46. The van der Waals surface area contributed by atoms with Gasteiger partial charge in [0.15, 0.2) is 5.79 Å². The van der Waals surface area contributed by atoms with Crippen molar-refractivity contribution >= 4 is 29.3 Å². The summed E-state index contributed by atoms with van der Waals surface area (Å²) in [5.74, 6) is -0.425. The summed E-state index contributed by atoms with van der Waals surface area (Å²) >= 11 is 1.63. The zero-order valence-corrected chi connectivity index (χ0v) is 17.4. The fraction of sp³-hybridized carbons (Fsp3) is 0.619. The van der Waals surface area contributed by atoms with Gasteiger partial charge in [-0.1, -0.05) is 11.8 Å². The topological polar surface area (TPSA) is 72.3 Å². The molecule has 4 heterocycles. The van der Waals surface area contributed by atoms with E-state index in [-0.39, 0.29) is 17.2 Å². The van der Waals surface area contributed by atoms with Crippen molar-refractivity contribution in [2.45, 2.75) is 48.2 Å². The lowest BCUT2D eigenvalue weighted by Gasteiger charge is -2.37. The number of anilines is 1. The molecule has 0 radical (unpaired) electrons. The summed E-state index contributed by atoms with van der Waals surface area (Å²) in [6, 6.07) is 5.70. The average Bonchev–Trinajstić information content (AvgIpc) is 3.21. The van der Waals surface area contributed by atoms with Crippen molar-refractivity contribution in [1.82, 2.24) is 4.90 Å². The minimum Gasteiger partial charge on any atom is -0.347 e. The van der Waals surface area contributed by atoms with Crippen LogP contribution in [0.4, 0.5) is 5.69 Å². The second kappa shape index (κ2) is 7.91. The lowest BCUT2D eigenvalue weighted by atomic mass is 10.0. The molecule has 29 heavy (non-hydrogen) atoms. The molecule has 0 aromatic heterocycles. The Morgan fingerprint density at radius 1 is 1.14 bits per heavy atom. The normalized spacial score (nSPS) is 27.0. The van der Waals surface area contributed by atoms with Crippen molar-refractivity contribution < 1.29 is 24.0 Å². The Bertz CT molecular complexity index is 795. The Morgan fingerprint density at radius 3 is 2.59 bits per heavy atom. The van der Waals surface area contributed by atoms with Crippen LogP contribution < -0.4 is 10.2 Å². The van der Waals surface area contributed by atoms with Gasteiger partial charge in [-0.3, -0.25) is 9.59 Å². The number of fused-ring (bicyclic) bond motifs is 1. The number of piperidine rings is 2. The maximum atomic E-state index is 13.0. The molecule has 7 nitrogen and oxygen atoms in total. The highest BCUT2D eigenvalue weighted by Crippen LogP contribution is 2.36. The molecule has 0 bridgehead atoms. The third-order valence-corrected chi connectivity index (χ3v) is 7.85. The first-order chi connectivity index (χ1) is 14.1. The fourth-order valence-corrected chi connectivity index (χ4v) is 6.00. The molecule has 156 valence electrons. The molecule has 0 aliphatic carbocycles. The lowest BCUT2D eigenvalue weighted by molar-refractivity contribution is -0.906. The van der Waals surface area contributed by atoms with E-state index in [2.05, 4.69) is 5.32 Å². The van der Waals surface area contributed by atoms with Gasteiger partial charge >= 0.3 is 0 Å². The van der Waals surface area contributed by atoms with Crippen LogP contribution in [0.15, 0.2) is 23.1 Å². The van der Waals surface area contributed by atoms with Crippen molar-refractivity contribution in [3.05, 3.63) is 23.8 Å². The van der Waals surface area contributed by atoms with E-state index < -0.39 is 5.79 Å². The van der Waals surface area contributed by atoms with Crippen molar-refractivity contribution in [3.63, 3.8) is 0 Å². The first-order valence-electron chi connectivity index (χ1n) is 10.7. The molecular weight excluding hydrogens is 390 g/mol. The Hall–Kier alpha value is -1.61. The summed E-state index contributed by atoms with van der Waals surface area (Å²) in [7, 11) is 0. The lowest BCUT2D eigenvalue weighted by Crippen LogP contribution is -3.17. The van der Waals surface area contributed by atoms with Crippen LogP contribution in [0.1, 0.15) is 42.5 Å². The van der Waals surface area contributed by atoms with E-state index in [0.717, 1.165) is 23.7 Å². The summed E-state index contributed by atoms with van der Waals surface area (Å²) < 4.78 is 11.5. The standard InChI is InChI=1S/C21H27N3O4S/c25-18-20(24-8-2-1-3-9-24)29-17-5-4-15(14-16(17)22-18)19(26)23-10-6-21(7-11-23)27-12-13-28-21/h4-5,14,20H,1-3,6-13H2,(H,22,25)/p+1. The molecule has 1 spiro atoms. The third kappa shape index (κ3) is 3.79. The van der Waals surface area contributed by atoms with Crippen molar-refractivity contribution in [1.29, 1.82) is 0 Å². The number of carbonyl (C=O) groups excluding carboxylic acids is 2. The minimum absolute atomic E-state index is 0.00340. The van der Waals surface area contributed by atoms with E-state index in [9.17, 15) is 9.59 Å². The van der Waals surface area contributed by atoms with Gasteiger partial charge in [0.2, 0.25) is 5.37 Å². The number of carbonyl (C=O) groups is 2. The number of rotatable bonds is 2. The summed E-state index contributed by atoms with van der Waals surface area (Å²) in [6.45, 7) is 4.63. The van der Waals surface area contributed by atoms with Crippen LogP contribution in [-0.4, -0.2) is 67.3 Å². The molecule has 1 aromatic carbocycles. The Kier molecular flexibility index (Phi) is 5.28. The molecule has 5 rings (SSSR count). The van der Waals surface area contributed by atoms with E-state index in [1.54, 1.807) is 11.8 Å². The van der Waals surface area contributed by atoms with Gasteiger partial charge < -0.3 is 24.6 Å². The molecular formula is C21H28N3O4S+. The predicted molar refractivity (Wildman–Crippen MR) is 109 cm³/mol. The summed E-state index contributed by atoms with van der Waals surface area (Å²) in [6.07, 6.45) is 5.05. The molecule has 8 heteroatoms. The highest BCUT2D eigenvalue weighted by Gasteiger charge is 2.41. The number of nitrogens with zero attached hydrogens (tertiary/aromatic N) is 1. The Balaban J connectivity index is 1.27. The number of amides is 2. The van der Waals surface area contributed by atoms with E-state index in [1.807, 2.05) is 23.1 Å². The van der Waals surface area contributed by atoms with Crippen LogP contribution in [0, 0.1) is 0 Å². The zero-order valence-electron chi connectivity index (χ0n) is 16.6. The van der Waals surface area contributed by atoms with Crippen molar-refractivity contribution in [2.75, 3.05) is 44.7 Å². The van der Waals surface area contributed by atoms with Gasteiger partial charge in [-0.25, -0.2) is 0 Å². The number of ether oxygens (including phenoxy) is 2. The van der Waals surface area contributed by atoms with Gasteiger partial charge in [-0.2, -0.15) is 0 Å². The fourth-order valence-electron chi connectivity index (χ4n) is 4.80. The summed E-state index contributed by atoms with van der Waals surface area (Å²) in [4.78, 5) is 30.0. The van der Waals surface area contributed by atoms with Crippen LogP contribution in [0.2, 0.25) is 0 Å². The van der Waals surface area contributed by atoms with Crippen LogP contribution in [0.25, 0.3) is 0 Å². The van der Waals surface area contributed by atoms with Crippen molar-refractivity contribution in [3.8, 4) is 0 Å². The minimum atomic E-state index is -0.483. The van der Waals surface area contributed by atoms with E-state index in [1.165, 1.54) is 24.2 Å². The molecule has 0 saturated carbocycles. The van der Waals surface area contributed by atoms with Gasteiger partial charge in [0.1, 0.15) is 0 Å². The molecule has 3 fully saturated rings. The van der Waals surface area contributed by atoms with Gasteiger partial charge in [-0.05, 0) is 37.5 Å². The number of benzene rings is 1. The molecule has 4 aliphatic rings. The van der Waals surface area contributed by atoms with Gasteiger partial charge in [0.05, 0.1) is 32.0 Å². The van der Waals surface area contributed by atoms with E-state index in [0.29, 0.717) is 44.7 Å². The first kappa shape index (κ1) is 19.4. The molecule has 3 saturated heterocycles. The Morgan fingerprint density at radius 2 is 1.86 bits per heavy atom. The van der Waals surface area contributed by atoms with E-state index >= 15 is 0 Å². The van der Waals surface area contributed by atoms with Crippen LogP contribution in [0.5, 0.6) is 0 Å². The largest absolute Gasteiger partial charge is 0.347 e.